The molecule has 0 saturated carbocycles. The number of nitrogens with two attached hydrogens (primary N) is 1. The molecule has 0 bridgehead atoms. The number of nitrogens with zero attached hydrogens (tertiary/aromatic N) is 2. The third-order valence-corrected chi connectivity index (χ3v) is 3.08. The van der Waals surface area contributed by atoms with E-state index in [-0.39, 0.29) is 11.8 Å². The third kappa shape index (κ3) is 3.98. The first-order valence-corrected chi connectivity index (χ1v) is 6.61. The van der Waals surface area contributed by atoms with Gasteiger partial charge >= 0.3 is 0 Å². The maximum absolute atomic E-state index is 11.0. The van der Waals surface area contributed by atoms with Crippen LogP contribution in [0, 0.1) is 0 Å². The van der Waals surface area contributed by atoms with Gasteiger partial charge < -0.3 is 0 Å². The van der Waals surface area contributed by atoms with Crippen molar-refractivity contribution in [3.63, 3.8) is 0 Å². The Morgan fingerprint density at radius 3 is 2.73 bits per heavy atom. The Bertz CT molecular complexity index is 412. The third-order valence-electron chi connectivity index (χ3n) is 2.11. The highest BCUT2D eigenvalue weighted by Gasteiger charge is 2.14. The van der Waals surface area contributed by atoms with E-state index in [0.717, 1.165) is 5.56 Å². The molecule has 0 aliphatic rings. The Kier molecular flexibility index (Phi) is 3.83. The zero-order valence-corrected chi connectivity index (χ0v) is 9.66. The summed E-state index contributed by atoms with van der Waals surface area (Å²) in [6.07, 6.45) is 5.14. The minimum Gasteiger partial charge on any atom is -0.275 e. The Morgan fingerprint density at radius 1 is 1.67 bits per heavy atom. The number of aromatic nitrogens is 2. The normalized spacial score (nSPS) is 14.1. The van der Waals surface area contributed by atoms with Gasteiger partial charge in [0.2, 0.25) is 0 Å². The van der Waals surface area contributed by atoms with Crippen molar-refractivity contribution in [2.24, 2.45) is 12.9 Å². The summed E-state index contributed by atoms with van der Waals surface area (Å²) >= 11 is 0. The van der Waals surface area contributed by atoms with E-state index in [0.29, 0.717) is 6.42 Å². The number of hydrogen-bond acceptors (Lipinski definition) is 5. The van der Waals surface area contributed by atoms with Crippen molar-refractivity contribution in [2.45, 2.75) is 12.5 Å². The summed E-state index contributed by atoms with van der Waals surface area (Å²) in [4.78, 5) is 0. The van der Waals surface area contributed by atoms with Gasteiger partial charge in [0.1, 0.15) is 9.84 Å². The summed E-state index contributed by atoms with van der Waals surface area (Å²) in [5.41, 5.74) is 3.48. The number of aryl methyl sites for hydroxylation is 1. The number of rotatable bonds is 5. The fourth-order valence-electron chi connectivity index (χ4n) is 1.30. The summed E-state index contributed by atoms with van der Waals surface area (Å²) in [5, 5.41) is 4.00. The van der Waals surface area contributed by atoms with Gasteiger partial charge in [0.25, 0.3) is 0 Å². The molecular weight excluding hydrogens is 216 g/mol. The highest BCUT2D eigenvalue weighted by Crippen LogP contribution is 2.15. The molecule has 0 aliphatic heterocycles. The van der Waals surface area contributed by atoms with Crippen LogP contribution in [0.5, 0.6) is 0 Å². The lowest BCUT2D eigenvalue weighted by Gasteiger charge is -2.12. The smallest absolute Gasteiger partial charge is 0.147 e. The highest BCUT2D eigenvalue weighted by molar-refractivity contribution is 7.90. The molecule has 0 radical (unpaired) electrons. The van der Waals surface area contributed by atoms with Gasteiger partial charge in [0.05, 0.1) is 18.0 Å². The van der Waals surface area contributed by atoms with Gasteiger partial charge in [-0.3, -0.25) is 16.0 Å². The Balaban J connectivity index is 2.65. The van der Waals surface area contributed by atoms with Crippen LogP contribution >= 0.6 is 0 Å². The summed E-state index contributed by atoms with van der Waals surface area (Å²) in [6.45, 7) is 0. The van der Waals surface area contributed by atoms with E-state index in [1.54, 1.807) is 17.9 Å². The molecule has 1 aromatic rings. The van der Waals surface area contributed by atoms with Crippen molar-refractivity contribution >= 4 is 9.84 Å². The first-order valence-electron chi connectivity index (χ1n) is 4.55. The quantitative estimate of drug-likeness (QED) is 0.520. The molecule has 0 fully saturated rings. The summed E-state index contributed by atoms with van der Waals surface area (Å²) in [5.74, 6) is 5.47. The summed E-state index contributed by atoms with van der Waals surface area (Å²) < 4.78 is 23.7. The second kappa shape index (κ2) is 4.73. The minimum atomic E-state index is -2.95. The van der Waals surface area contributed by atoms with E-state index in [2.05, 4.69) is 10.5 Å². The molecule has 1 aromatic heterocycles. The maximum atomic E-state index is 11.0. The van der Waals surface area contributed by atoms with Crippen LogP contribution in [0.15, 0.2) is 12.4 Å². The molecular formula is C8H16N4O2S. The van der Waals surface area contributed by atoms with E-state index in [9.17, 15) is 8.42 Å². The van der Waals surface area contributed by atoms with Crippen LogP contribution in [-0.4, -0.2) is 30.2 Å². The number of hydrazine groups is 1. The van der Waals surface area contributed by atoms with Gasteiger partial charge in [-0.05, 0) is 6.42 Å². The van der Waals surface area contributed by atoms with Crippen LogP contribution in [0.4, 0.5) is 0 Å². The molecule has 0 aliphatic carbocycles. The second-order valence-corrected chi connectivity index (χ2v) is 5.84. The highest BCUT2D eigenvalue weighted by atomic mass is 32.2. The molecule has 1 rings (SSSR count). The van der Waals surface area contributed by atoms with Gasteiger partial charge in [-0.15, -0.1) is 0 Å². The average Bonchev–Trinajstić information content (AvgIpc) is 2.51. The van der Waals surface area contributed by atoms with E-state index in [1.165, 1.54) is 6.26 Å². The van der Waals surface area contributed by atoms with Gasteiger partial charge in [0.15, 0.2) is 0 Å². The predicted molar refractivity (Wildman–Crippen MR) is 57.6 cm³/mol. The summed E-state index contributed by atoms with van der Waals surface area (Å²) in [7, 11) is -1.15. The van der Waals surface area contributed by atoms with Crippen LogP contribution in [0.2, 0.25) is 0 Å². The number of sulfone groups is 1. The fourth-order valence-corrected chi connectivity index (χ4v) is 1.96. The van der Waals surface area contributed by atoms with Crippen LogP contribution in [0.3, 0.4) is 0 Å². The Morgan fingerprint density at radius 2 is 2.33 bits per heavy atom. The van der Waals surface area contributed by atoms with Gasteiger partial charge in [-0.1, -0.05) is 0 Å². The molecule has 1 heterocycles. The molecule has 7 heteroatoms. The van der Waals surface area contributed by atoms with Crippen LogP contribution in [-0.2, 0) is 16.9 Å². The molecule has 0 saturated heterocycles. The zero-order valence-electron chi connectivity index (χ0n) is 8.84. The molecule has 1 atom stereocenters. The molecule has 0 aromatic carbocycles. The molecule has 86 valence electrons. The lowest BCUT2D eigenvalue weighted by Crippen LogP contribution is -2.29. The SMILES string of the molecule is Cn1cc(C(CCS(C)(=O)=O)NN)cn1. The van der Waals surface area contributed by atoms with E-state index in [1.807, 2.05) is 6.20 Å². The van der Waals surface area contributed by atoms with Crippen molar-refractivity contribution < 1.29 is 8.42 Å². The predicted octanol–water partition coefficient (Wildman–Crippen LogP) is -0.641. The van der Waals surface area contributed by atoms with Crippen molar-refractivity contribution in [3.05, 3.63) is 18.0 Å². The molecule has 15 heavy (non-hydrogen) atoms. The second-order valence-electron chi connectivity index (χ2n) is 3.59. The van der Waals surface area contributed by atoms with Gasteiger partial charge in [-0.25, -0.2) is 8.42 Å². The molecule has 6 nitrogen and oxygen atoms in total. The molecule has 3 N–H and O–H groups in total. The topological polar surface area (TPSA) is 90.0 Å². The number of nitrogens with one attached hydrogen (secondary N) is 1. The lowest BCUT2D eigenvalue weighted by atomic mass is 10.1. The van der Waals surface area contributed by atoms with Crippen molar-refractivity contribution in [3.8, 4) is 0 Å². The van der Waals surface area contributed by atoms with Crippen LogP contribution in [0.25, 0.3) is 0 Å². The van der Waals surface area contributed by atoms with E-state index < -0.39 is 9.84 Å². The Labute approximate surface area is 89.3 Å². The molecule has 1 unspecified atom stereocenters. The minimum absolute atomic E-state index is 0.108. The lowest BCUT2D eigenvalue weighted by molar-refractivity contribution is 0.531. The van der Waals surface area contributed by atoms with Gasteiger partial charge in [-0.2, -0.15) is 5.10 Å². The molecule has 0 amide bonds. The van der Waals surface area contributed by atoms with Crippen LogP contribution in [0.1, 0.15) is 18.0 Å². The zero-order chi connectivity index (χ0) is 11.5. The first kappa shape index (κ1) is 12.2. The van der Waals surface area contributed by atoms with Crippen molar-refractivity contribution in [2.75, 3.05) is 12.0 Å². The average molecular weight is 232 g/mol. The van der Waals surface area contributed by atoms with E-state index >= 15 is 0 Å². The van der Waals surface area contributed by atoms with Crippen LogP contribution < -0.4 is 11.3 Å². The van der Waals surface area contributed by atoms with Gasteiger partial charge in [0, 0.05) is 25.1 Å². The first-order chi connectivity index (χ1) is 6.92. The van der Waals surface area contributed by atoms with Crippen molar-refractivity contribution in [1.82, 2.24) is 15.2 Å². The maximum Gasteiger partial charge on any atom is 0.147 e. The summed E-state index contributed by atoms with van der Waals surface area (Å²) in [6, 6.07) is -0.173. The number of hydrogen-bond donors (Lipinski definition) is 2. The van der Waals surface area contributed by atoms with Crippen molar-refractivity contribution in [1.29, 1.82) is 0 Å². The molecule has 0 spiro atoms. The monoisotopic (exact) mass is 232 g/mol. The largest absolute Gasteiger partial charge is 0.275 e. The van der Waals surface area contributed by atoms with E-state index in [4.69, 9.17) is 5.84 Å². The standard InChI is InChI=1S/C8H16N4O2S/c1-12-6-7(5-10-12)8(11-9)3-4-15(2,13)14/h5-6,8,11H,3-4,9H2,1-2H3. The fraction of sp³-hybridized carbons (Fsp3) is 0.625. The Hall–Kier alpha value is -0.920.